The zero-order valence-corrected chi connectivity index (χ0v) is 14.6. The lowest BCUT2D eigenvalue weighted by Crippen LogP contribution is -2.33. The highest BCUT2D eigenvalue weighted by Crippen LogP contribution is 2.29. The molecule has 0 atom stereocenters. The fourth-order valence-corrected chi connectivity index (χ4v) is 2.41. The van der Waals surface area contributed by atoms with Crippen LogP contribution in [-0.2, 0) is 12.8 Å². The lowest BCUT2D eigenvalue weighted by Gasteiger charge is -2.12. The smallest absolute Gasteiger partial charge is 0.387 e. The van der Waals surface area contributed by atoms with Crippen LogP contribution in [-0.4, -0.2) is 32.8 Å². The van der Waals surface area contributed by atoms with Crippen molar-refractivity contribution in [3.05, 3.63) is 59.7 Å². The maximum absolute atomic E-state index is 12.4. The molecule has 0 aliphatic heterocycles. The van der Waals surface area contributed by atoms with E-state index in [4.69, 9.17) is 10.5 Å². The summed E-state index contributed by atoms with van der Waals surface area (Å²) in [5.74, 6) is 0.645. The molecule has 0 radical (unpaired) electrons. The monoisotopic (exact) mass is 363 g/mol. The molecule has 26 heavy (non-hydrogen) atoms. The van der Waals surface area contributed by atoms with Gasteiger partial charge in [0.2, 0.25) is 0 Å². The Balaban J connectivity index is 1.80. The van der Waals surface area contributed by atoms with Crippen molar-refractivity contribution in [3.63, 3.8) is 0 Å². The summed E-state index contributed by atoms with van der Waals surface area (Å²) in [7, 11) is 1.40. The molecule has 0 bridgehead atoms. The van der Waals surface area contributed by atoms with Crippen molar-refractivity contribution in [2.75, 3.05) is 20.2 Å². The van der Waals surface area contributed by atoms with E-state index in [1.807, 2.05) is 30.3 Å². The summed E-state index contributed by atoms with van der Waals surface area (Å²) in [6.07, 6.45) is 1.40. The van der Waals surface area contributed by atoms with E-state index in [9.17, 15) is 8.78 Å². The Bertz CT molecular complexity index is 709. The van der Waals surface area contributed by atoms with E-state index in [1.165, 1.54) is 18.7 Å². The minimum atomic E-state index is -2.90. The molecule has 0 unspecified atom stereocenters. The second kappa shape index (κ2) is 10.2. The van der Waals surface area contributed by atoms with Gasteiger partial charge in [-0.15, -0.1) is 0 Å². The van der Waals surface area contributed by atoms with Crippen molar-refractivity contribution < 1.29 is 18.3 Å². The van der Waals surface area contributed by atoms with Crippen LogP contribution in [0.15, 0.2) is 53.5 Å². The number of rotatable bonds is 9. The minimum Gasteiger partial charge on any atom is -0.493 e. The number of ether oxygens (including phenoxy) is 2. The Morgan fingerprint density at radius 2 is 1.85 bits per heavy atom. The third kappa shape index (κ3) is 6.58. The molecule has 0 heterocycles. The van der Waals surface area contributed by atoms with E-state index in [0.29, 0.717) is 25.5 Å². The van der Waals surface area contributed by atoms with Crippen LogP contribution in [0, 0.1) is 0 Å². The van der Waals surface area contributed by atoms with Gasteiger partial charge in [0.1, 0.15) is 0 Å². The predicted molar refractivity (Wildman–Crippen MR) is 98.0 cm³/mol. The van der Waals surface area contributed by atoms with Gasteiger partial charge in [-0.2, -0.15) is 8.78 Å². The molecule has 2 rings (SSSR count). The van der Waals surface area contributed by atoms with Gasteiger partial charge in [0.05, 0.1) is 7.11 Å². The molecule has 140 valence electrons. The number of hydrogen-bond acceptors (Lipinski definition) is 3. The molecular formula is C19H23F2N3O2. The van der Waals surface area contributed by atoms with Gasteiger partial charge in [0.15, 0.2) is 17.5 Å². The summed E-state index contributed by atoms with van der Waals surface area (Å²) >= 11 is 0. The fourth-order valence-electron chi connectivity index (χ4n) is 2.41. The van der Waals surface area contributed by atoms with Crippen molar-refractivity contribution in [2.45, 2.75) is 19.5 Å². The molecule has 0 fully saturated rings. The number of guanidine groups is 1. The standard InChI is InChI=1S/C19H23F2N3O2/c1-25-16-8-7-15(13-17(16)26-18(20)21)10-12-24-19(22)23-11-9-14-5-3-2-4-6-14/h2-8,13,18H,9-12H2,1H3,(H3,22,23,24). The van der Waals surface area contributed by atoms with Crippen LogP contribution in [0.3, 0.4) is 0 Å². The maximum atomic E-state index is 12.4. The van der Waals surface area contributed by atoms with Gasteiger partial charge in [-0.05, 0) is 36.1 Å². The molecule has 2 aromatic rings. The van der Waals surface area contributed by atoms with Crippen LogP contribution in [0.2, 0.25) is 0 Å². The lowest BCUT2D eigenvalue weighted by atomic mass is 10.1. The quantitative estimate of drug-likeness (QED) is 0.531. The second-order valence-corrected chi connectivity index (χ2v) is 5.54. The molecule has 5 nitrogen and oxygen atoms in total. The molecule has 0 spiro atoms. The summed E-state index contributed by atoms with van der Waals surface area (Å²) in [6, 6.07) is 15.0. The van der Waals surface area contributed by atoms with E-state index >= 15 is 0 Å². The zero-order chi connectivity index (χ0) is 18.8. The van der Waals surface area contributed by atoms with E-state index in [0.717, 1.165) is 12.0 Å². The van der Waals surface area contributed by atoms with Crippen molar-refractivity contribution in [3.8, 4) is 11.5 Å². The first-order valence-corrected chi connectivity index (χ1v) is 8.28. The second-order valence-electron chi connectivity index (χ2n) is 5.54. The molecule has 7 heteroatoms. The van der Waals surface area contributed by atoms with Gasteiger partial charge in [0.25, 0.3) is 0 Å². The molecule has 0 aliphatic rings. The van der Waals surface area contributed by atoms with Gasteiger partial charge < -0.3 is 20.5 Å². The van der Waals surface area contributed by atoms with E-state index < -0.39 is 6.61 Å². The summed E-state index contributed by atoms with van der Waals surface area (Å²) in [5.41, 5.74) is 7.87. The van der Waals surface area contributed by atoms with E-state index in [-0.39, 0.29) is 11.5 Å². The Morgan fingerprint density at radius 1 is 1.08 bits per heavy atom. The molecule has 0 saturated carbocycles. The van der Waals surface area contributed by atoms with Crippen LogP contribution >= 0.6 is 0 Å². The third-order valence-corrected chi connectivity index (χ3v) is 3.69. The predicted octanol–water partition coefficient (Wildman–Crippen LogP) is 2.99. The average molecular weight is 363 g/mol. The number of alkyl halides is 2. The van der Waals surface area contributed by atoms with Crippen molar-refractivity contribution >= 4 is 5.96 Å². The molecular weight excluding hydrogens is 340 g/mol. The number of hydrogen-bond donors (Lipinski definition) is 2. The Hall–Kier alpha value is -2.83. The first-order valence-electron chi connectivity index (χ1n) is 8.28. The van der Waals surface area contributed by atoms with Crippen molar-refractivity contribution in [1.82, 2.24) is 5.32 Å². The molecule has 3 N–H and O–H groups in total. The van der Waals surface area contributed by atoms with Gasteiger partial charge in [-0.1, -0.05) is 36.4 Å². The van der Waals surface area contributed by atoms with Crippen LogP contribution in [0.5, 0.6) is 11.5 Å². The average Bonchev–Trinajstić information content (AvgIpc) is 2.62. The first kappa shape index (κ1) is 19.5. The number of aliphatic imine (C=N–C) groups is 1. The largest absolute Gasteiger partial charge is 0.493 e. The van der Waals surface area contributed by atoms with Crippen molar-refractivity contribution in [2.24, 2.45) is 10.7 Å². The fraction of sp³-hybridized carbons (Fsp3) is 0.316. The summed E-state index contributed by atoms with van der Waals surface area (Å²) in [6.45, 7) is -1.77. The zero-order valence-electron chi connectivity index (χ0n) is 14.6. The number of halogens is 2. The Kier molecular flexibility index (Phi) is 7.67. The number of nitrogens with zero attached hydrogens (tertiary/aromatic N) is 1. The maximum Gasteiger partial charge on any atom is 0.387 e. The highest BCUT2D eigenvalue weighted by atomic mass is 19.3. The number of benzene rings is 2. The molecule has 0 amide bonds. The third-order valence-electron chi connectivity index (χ3n) is 3.69. The number of nitrogens with two attached hydrogens (primary N) is 1. The Labute approximate surface area is 151 Å². The van der Waals surface area contributed by atoms with E-state index in [1.54, 1.807) is 12.1 Å². The Morgan fingerprint density at radius 3 is 2.54 bits per heavy atom. The van der Waals surface area contributed by atoms with Crippen LogP contribution < -0.4 is 20.5 Å². The van der Waals surface area contributed by atoms with Crippen LogP contribution in [0.25, 0.3) is 0 Å². The molecule has 0 aromatic heterocycles. The number of nitrogens with one attached hydrogen (secondary N) is 1. The highest BCUT2D eigenvalue weighted by Gasteiger charge is 2.11. The molecule has 0 aliphatic carbocycles. The summed E-state index contributed by atoms with van der Waals surface area (Å²) in [4.78, 5) is 4.27. The van der Waals surface area contributed by atoms with Gasteiger partial charge in [0, 0.05) is 13.1 Å². The SMILES string of the molecule is COc1ccc(CCNC(N)=NCCc2ccccc2)cc1OC(F)F. The topological polar surface area (TPSA) is 68.9 Å². The van der Waals surface area contributed by atoms with Crippen LogP contribution in [0.1, 0.15) is 11.1 Å². The van der Waals surface area contributed by atoms with Crippen molar-refractivity contribution in [1.29, 1.82) is 0 Å². The lowest BCUT2D eigenvalue weighted by molar-refractivity contribution is -0.0512. The molecule has 2 aromatic carbocycles. The normalized spacial score (nSPS) is 11.5. The minimum absolute atomic E-state index is 0.0181. The first-order chi connectivity index (χ1) is 12.6. The number of methoxy groups -OCH3 is 1. The van der Waals surface area contributed by atoms with E-state index in [2.05, 4.69) is 15.0 Å². The van der Waals surface area contributed by atoms with Gasteiger partial charge >= 0.3 is 6.61 Å². The van der Waals surface area contributed by atoms with Gasteiger partial charge in [-0.25, -0.2) is 0 Å². The summed E-state index contributed by atoms with van der Waals surface area (Å²) < 4.78 is 34.4. The molecule has 0 saturated heterocycles. The summed E-state index contributed by atoms with van der Waals surface area (Å²) in [5, 5.41) is 3.01. The van der Waals surface area contributed by atoms with Gasteiger partial charge in [-0.3, -0.25) is 4.99 Å². The highest BCUT2D eigenvalue weighted by molar-refractivity contribution is 5.77. The van der Waals surface area contributed by atoms with Crippen LogP contribution in [0.4, 0.5) is 8.78 Å².